The average molecular weight is 283 g/mol. The Kier molecular flexibility index (Phi) is 4.40. The van der Waals surface area contributed by atoms with E-state index in [9.17, 15) is 14.4 Å². The van der Waals surface area contributed by atoms with Gasteiger partial charge >= 0.3 is 11.8 Å². The number of aromatic nitrogens is 1. The van der Waals surface area contributed by atoms with E-state index >= 15 is 0 Å². The Hall–Kier alpha value is -3.02. The van der Waals surface area contributed by atoms with E-state index in [0.717, 1.165) is 0 Å². The Morgan fingerprint density at radius 3 is 2.38 bits per heavy atom. The van der Waals surface area contributed by atoms with Crippen LogP contribution in [0.25, 0.3) is 0 Å². The summed E-state index contributed by atoms with van der Waals surface area (Å²) in [5.74, 6) is -1.50. The second-order valence-electron chi connectivity index (χ2n) is 4.26. The Labute approximate surface area is 121 Å². The lowest BCUT2D eigenvalue weighted by Gasteiger charge is -2.06. The first-order valence-corrected chi connectivity index (χ1v) is 6.20. The lowest BCUT2D eigenvalue weighted by atomic mass is 10.1. The number of Topliss-reactive ketones (excluding diaryl/α,β-unsaturated/α-hetero) is 1. The van der Waals surface area contributed by atoms with Crippen molar-refractivity contribution < 1.29 is 14.4 Å². The minimum Gasteiger partial charge on any atom is -0.318 e. The molecule has 0 saturated heterocycles. The van der Waals surface area contributed by atoms with Crippen molar-refractivity contribution in [2.45, 2.75) is 6.92 Å². The largest absolute Gasteiger partial charge is 0.318 e. The van der Waals surface area contributed by atoms with E-state index in [4.69, 9.17) is 0 Å². The third kappa shape index (κ3) is 3.97. The zero-order chi connectivity index (χ0) is 15.2. The number of nitrogens with one attached hydrogen (secondary N) is 2. The van der Waals surface area contributed by atoms with Crippen molar-refractivity contribution in [2.24, 2.45) is 0 Å². The fourth-order valence-electron chi connectivity index (χ4n) is 1.61. The van der Waals surface area contributed by atoms with Crippen molar-refractivity contribution in [3.63, 3.8) is 0 Å². The number of hydrogen-bond donors (Lipinski definition) is 2. The van der Waals surface area contributed by atoms with Crippen LogP contribution in [0.1, 0.15) is 17.3 Å². The molecule has 0 aliphatic carbocycles. The average Bonchev–Trinajstić information content (AvgIpc) is 2.48. The van der Waals surface area contributed by atoms with Gasteiger partial charge in [0.15, 0.2) is 5.78 Å². The van der Waals surface area contributed by atoms with Crippen molar-refractivity contribution in [3.05, 3.63) is 54.2 Å². The fourth-order valence-corrected chi connectivity index (χ4v) is 1.61. The summed E-state index contributed by atoms with van der Waals surface area (Å²) in [5.41, 5.74) is 0.835. The van der Waals surface area contributed by atoms with Crippen LogP contribution in [0.4, 0.5) is 11.5 Å². The van der Waals surface area contributed by atoms with E-state index in [1.807, 2.05) is 0 Å². The van der Waals surface area contributed by atoms with Crippen LogP contribution in [0.15, 0.2) is 48.7 Å². The molecule has 106 valence electrons. The van der Waals surface area contributed by atoms with E-state index in [0.29, 0.717) is 11.3 Å². The number of pyridine rings is 1. The van der Waals surface area contributed by atoms with Crippen molar-refractivity contribution in [3.8, 4) is 0 Å². The maximum Gasteiger partial charge on any atom is 0.315 e. The van der Waals surface area contributed by atoms with Gasteiger partial charge in [-0.3, -0.25) is 14.4 Å². The Morgan fingerprint density at radius 2 is 1.71 bits per heavy atom. The maximum atomic E-state index is 11.8. The molecule has 2 aromatic rings. The highest BCUT2D eigenvalue weighted by molar-refractivity contribution is 6.43. The van der Waals surface area contributed by atoms with E-state index in [1.54, 1.807) is 36.4 Å². The molecule has 0 bridgehead atoms. The van der Waals surface area contributed by atoms with Crippen LogP contribution in [0.3, 0.4) is 0 Å². The van der Waals surface area contributed by atoms with E-state index in [2.05, 4.69) is 15.6 Å². The van der Waals surface area contributed by atoms with Gasteiger partial charge in [0.05, 0.1) is 0 Å². The molecule has 0 spiro atoms. The molecule has 0 aliphatic heterocycles. The van der Waals surface area contributed by atoms with Crippen LogP contribution in [-0.4, -0.2) is 22.6 Å². The second-order valence-corrected chi connectivity index (χ2v) is 4.26. The SMILES string of the molecule is CC(=O)c1cccc(NC(=O)C(=O)Nc2ccccn2)c1. The van der Waals surface area contributed by atoms with Crippen LogP contribution >= 0.6 is 0 Å². The minimum absolute atomic E-state index is 0.121. The second kappa shape index (κ2) is 6.42. The van der Waals surface area contributed by atoms with Gasteiger partial charge in [-0.15, -0.1) is 0 Å². The molecule has 0 radical (unpaired) electrons. The van der Waals surface area contributed by atoms with Gasteiger partial charge in [-0.2, -0.15) is 0 Å². The number of carbonyl (C=O) groups is 3. The topological polar surface area (TPSA) is 88.2 Å². The molecule has 6 nitrogen and oxygen atoms in total. The number of carbonyl (C=O) groups excluding carboxylic acids is 3. The number of rotatable bonds is 3. The number of anilines is 2. The molecule has 21 heavy (non-hydrogen) atoms. The van der Waals surface area contributed by atoms with Crippen LogP contribution in [0.5, 0.6) is 0 Å². The molecule has 0 fully saturated rings. The number of amides is 2. The van der Waals surface area contributed by atoms with Crippen molar-refractivity contribution in [2.75, 3.05) is 10.6 Å². The number of benzene rings is 1. The summed E-state index contributed by atoms with van der Waals surface area (Å²) in [5, 5.41) is 4.80. The molecule has 0 saturated carbocycles. The highest BCUT2D eigenvalue weighted by Gasteiger charge is 2.14. The fraction of sp³-hybridized carbons (Fsp3) is 0.0667. The van der Waals surface area contributed by atoms with E-state index in [-0.39, 0.29) is 11.6 Å². The van der Waals surface area contributed by atoms with Crippen molar-refractivity contribution in [1.29, 1.82) is 0 Å². The zero-order valence-corrected chi connectivity index (χ0v) is 11.3. The summed E-state index contributed by atoms with van der Waals surface area (Å²) in [4.78, 5) is 38.6. The normalized spacial score (nSPS) is 9.76. The summed E-state index contributed by atoms with van der Waals surface area (Å²) in [6, 6.07) is 11.3. The lowest BCUT2D eigenvalue weighted by Crippen LogP contribution is -2.29. The number of ketones is 1. The Morgan fingerprint density at radius 1 is 0.952 bits per heavy atom. The minimum atomic E-state index is -0.832. The van der Waals surface area contributed by atoms with Crippen LogP contribution in [0.2, 0.25) is 0 Å². The van der Waals surface area contributed by atoms with Gasteiger partial charge in [0.2, 0.25) is 0 Å². The molecule has 2 rings (SSSR count). The smallest absolute Gasteiger partial charge is 0.315 e. The molecule has 6 heteroatoms. The third-order valence-electron chi connectivity index (χ3n) is 2.64. The highest BCUT2D eigenvalue weighted by Crippen LogP contribution is 2.11. The molecule has 1 aromatic heterocycles. The monoisotopic (exact) mass is 283 g/mol. The first-order valence-electron chi connectivity index (χ1n) is 6.20. The molecule has 0 unspecified atom stereocenters. The summed E-state index contributed by atoms with van der Waals surface area (Å²) in [7, 11) is 0. The van der Waals surface area contributed by atoms with Crippen molar-refractivity contribution >= 4 is 29.1 Å². The van der Waals surface area contributed by atoms with Gasteiger partial charge in [-0.1, -0.05) is 18.2 Å². The summed E-state index contributed by atoms with van der Waals surface area (Å²) >= 11 is 0. The summed E-state index contributed by atoms with van der Waals surface area (Å²) in [6.07, 6.45) is 1.50. The standard InChI is InChI=1S/C15H13N3O3/c1-10(19)11-5-4-6-12(9-11)17-14(20)15(21)18-13-7-2-3-8-16-13/h2-9H,1H3,(H,17,20)(H,16,18,21). The van der Waals surface area contributed by atoms with Gasteiger partial charge < -0.3 is 10.6 Å². The summed E-state index contributed by atoms with van der Waals surface area (Å²) in [6.45, 7) is 1.43. The van der Waals surface area contributed by atoms with E-state index < -0.39 is 11.8 Å². The predicted molar refractivity (Wildman–Crippen MR) is 77.9 cm³/mol. The molecule has 2 amide bonds. The van der Waals surface area contributed by atoms with Crippen LogP contribution in [0, 0.1) is 0 Å². The number of hydrogen-bond acceptors (Lipinski definition) is 4. The van der Waals surface area contributed by atoms with Gasteiger partial charge in [0.25, 0.3) is 0 Å². The molecular weight excluding hydrogens is 270 g/mol. The highest BCUT2D eigenvalue weighted by atomic mass is 16.2. The zero-order valence-electron chi connectivity index (χ0n) is 11.3. The molecule has 0 aliphatic rings. The Balaban J connectivity index is 2.02. The van der Waals surface area contributed by atoms with E-state index in [1.165, 1.54) is 19.2 Å². The molecule has 1 heterocycles. The quantitative estimate of drug-likeness (QED) is 0.664. The first-order chi connectivity index (χ1) is 10.1. The van der Waals surface area contributed by atoms with Gasteiger partial charge in [-0.05, 0) is 31.2 Å². The molecule has 0 atom stereocenters. The Bertz CT molecular complexity index is 684. The first kappa shape index (κ1) is 14.4. The van der Waals surface area contributed by atoms with Crippen LogP contribution in [-0.2, 0) is 9.59 Å². The maximum absolute atomic E-state index is 11.8. The molecule has 2 N–H and O–H groups in total. The van der Waals surface area contributed by atoms with Crippen LogP contribution < -0.4 is 10.6 Å². The van der Waals surface area contributed by atoms with Gasteiger partial charge in [0.1, 0.15) is 5.82 Å². The van der Waals surface area contributed by atoms with Gasteiger partial charge in [-0.25, -0.2) is 4.98 Å². The van der Waals surface area contributed by atoms with Crippen molar-refractivity contribution in [1.82, 2.24) is 4.98 Å². The summed E-state index contributed by atoms with van der Waals surface area (Å²) < 4.78 is 0. The predicted octanol–water partition coefficient (Wildman–Crippen LogP) is 1.86. The van der Waals surface area contributed by atoms with Gasteiger partial charge in [0, 0.05) is 17.4 Å². The number of nitrogens with zero attached hydrogens (tertiary/aromatic N) is 1. The molecule has 1 aromatic carbocycles. The lowest BCUT2D eigenvalue weighted by molar-refractivity contribution is -0.133. The third-order valence-corrected chi connectivity index (χ3v) is 2.64. The molecular formula is C15H13N3O3.